The average molecular weight is 388 g/mol. The number of halogens is 3. The molecule has 2 saturated heterocycles. The third kappa shape index (κ3) is 3.74. The van der Waals surface area contributed by atoms with Crippen molar-refractivity contribution < 1.29 is 27.2 Å². The molecule has 27 heavy (non-hydrogen) atoms. The van der Waals surface area contributed by atoms with Crippen molar-refractivity contribution in [3.63, 3.8) is 0 Å². The quantitative estimate of drug-likeness (QED) is 0.726. The number of nitrogens with zero attached hydrogens (tertiary/aromatic N) is 4. The van der Waals surface area contributed by atoms with E-state index in [9.17, 15) is 22.8 Å². The van der Waals surface area contributed by atoms with Crippen LogP contribution in [0.3, 0.4) is 0 Å². The molecule has 2 aliphatic heterocycles. The molecule has 1 spiro atoms. The van der Waals surface area contributed by atoms with Gasteiger partial charge in [0.15, 0.2) is 0 Å². The van der Waals surface area contributed by atoms with Crippen LogP contribution in [-0.2, 0) is 4.79 Å². The maximum absolute atomic E-state index is 13.0. The lowest BCUT2D eigenvalue weighted by atomic mass is 9.85. The maximum Gasteiger partial charge on any atom is 0.390 e. The zero-order valence-electron chi connectivity index (χ0n) is 15.3. The highest BCUT2D eigenvalue weighted by atomic mass is 19.4. The van der Waals surface area contributed by atoms with E-state index in [0.717, 1.165) is 4.90 Å². The first-order valence-electron chi connectivity index (χ1n) is 8.99. The van der Waals surface area contributed by atoms with Crippen LogP contribution in [0.2, 0.25) is 0 Å². The largest absolute Gasteiger partial charge is 0.432 e. The molecular weight excluding hydrogens is 365 g/mol. The van der Waals surface area contributed by atoms with Crippen LogP contribution in [-0.4, -0.2) is 64.6 Å². The van der Waals surface area contributed by atoms with Crippen molar-refractivity contribution in [1.29, 1.82) is 0 Å². The second-order valence-electron chi connectivity index (χ2n) is 7.44. The number of rotatable bonds is 5. The van der Waals surface area contributed by atoms with Gasteiger partial charge in [-0.3, -0.25) is 9.69 Å². The van der Waals surface area contributed by atoms with Gasteiger partial charge in [-0.25, -0.2) is 9.78 Å². The van der Waals surface area contributed by atoms with Gasteiger partial charge in [-0.15, -0.1) is 0 Å². The molecule has 3 heterocycles. The van der Waals surface area contributed by atoms with Crippen LogP contribution in [0.1, 0.15) is 33.1 Å². The van der Waals surface area contributed by atoms with Crippen molar-refractivity contribution in [3.05, 3.63) is 12.5 Å². The number of anilines is 1. The summed E-state index contributed by atoms with van der Waals surface area (Å²) in [5.41, 5.74) is -1.09. The summed E-state index contributed by atoms with van der Waals surface area (Å²) in [6.45, 7) is 4.37. The maximum atomic E-state index is 13.0. The summed E-state index contributed by atoms with van der Waals surface area (Å²) in [7, 11) is 0. The summed E-state index contributed by atoms with van der Waals surface area (Å²) in [5.74, 6) is -0.435. The molecular formula is C17H23F3N4O3. The van der Waals surface area contributed by atoms with E-state index < -0.39 is 36.6 Å². The number of aromatic nitrogens is 1. The van der Waals surface area contributed by atoms with Gasteiger partial charge in [-0.2, -0.15) is 13.2 Å². The summed E-state index contributed by atoms with van der Waals surface area (Å²) >= 11 is 0. The number of oxazole rings is 1. The number of hydrogen-bond acceptors (Lipinski definition) is 5. The smallest absolute Gasteiger partial charge is 0.390 e. The number of piperidine rings is 1. The summed E-state index contributed by atoms with van der Waals surface area (Å²) in [5, 5.41) is 0. The zero-order valence-corrected chi connectivity index (χ0v) is 15.3. The Balaban J connectivity index is 1.80. The van der Waals surface area contributed by atoms with Crippen LogP contribution in [0.25, 0.3) is 0 Å². The van der Waals surface area contributed by atoms with E-state index in [4.69, 9.17) is 4.42 Å². The highest BCUT2D eigenvalue weighted by Crippen LogP contribution is 2.39. The molecule has 2 aliphatic rings. The molecule has 1 aromatic rings. The van der Waals surface area contributed by atoms with E-state index in [0.29, 0.717) is 38.5 Å². The lowest BCUT2D eigenvalue weighted by Crippen LogP contribution is -2.57. The molecule has 0 bridgehead atoms. The van der Waals surface area contributed by atoms with E-state index in [-0.39, 0.29) is 5.92 Å². The summed E-state index contributed by atoms with van der Waals surface area (Å²) in [6.07, 6.45) is -1.99. The number of imide groups is 1. The molecule has 0 aliphatic carbocycles. The number of carbonyl (C=O) groups excluding carboxylic acids is 2. The fourth-order valence-corrected chi connectivity index (χ4v) is 3.76. The number of alkyl halides is 3. The van der Waals surface area contributed by atoms with E-state index >= 15 is 0 Å². The Hall–Kier alpha value is -2.26. The first-order chi connectivity index (χ1) is 12.6. The molecule has 150 valence electrons. The number of amides is 3. The van der Waals surface area contributed by atoms with Crippen molar-refractivity contribution in [2.45, 2.75) is 44.8 Å². The first-order valence-corrected chi connectivity index (χ1v) is 8.99. The normalized spacial score (nSPS) is 20.4. The van der Waals surface area contributed by atoms with E-state index in [2.05, 4.69) is 4.98 Å². The lowest BCUT2D eigenvalue weighted by Gasteiger charge is -2.42. The number of hydrogen-bond donors (Lipinski definition) is 0. The Kier molecular flexibility index (Phi) is 5.09. The van der Waals surface area contributed by atoms with Crippen LogP contribution >= 0.6 is 0 Å². The summed E-state index contributed by atoms with van der Waals surface area (Å²) in [6, 6.07) is -0.187. The van der Waals surface area contributed by atoms with Gasteiger partial charge in [0.05, 0.1) is 12.6 Å². The van der Waals surface area contributed by atoms with E-state index in [1.54, 1.807) is 0 Å². The molecule has 0 atom stereocenters. The van der Waals surface area contributed by atoms with Gasteiger partial charge in [-0.05, 0) is 18.8 Å². The highest BCUT2D eigenvalue weighted by molar-refractivity contribution is 6.07. The Morgan fingerprint density at radius 2 is 1.93 bits per heavy atom. The van der Waals surface area contributed by atoms with Gasteiger partial charge in [0.2, 0.25) is 0 Å². The standard InChI is InChI=1S/C17H23F3N4O3/c1-12(2)11-24-15(26)23(9-5-17(18,19)20)13(25)16(24)3-7-22(8-4-16)14-21-6-10-27-14/h6,10,12H,3-5,7-9,11H2,1-2H3. The molecule has 0 saturated carbocycles. The molecule has 2 fully saturated rings. The van der Waals surface area contributed by atoms with Crippen LogP contribution in [0, 0.1) is 5.92 Å². The number of urea groups is 1. The second kappa shape index (κ2) is 7.05. The van der Waals surface area contributed by atoms with Crippen molar-refractivity contribution in [3.8, 4) is 0 Å². The topological polar surface area (TPSA) is 69.9 Å². The fourth-order valence-electron chi connectivity index (χ4n) is 3.76. The minimum absolute atomic E-state index is 0.0889. The van der Waals surface area contributed by atoms with Crippen LogP contribution in [0.15, 0.2) is 16.9 Å². The van der Waals surface area contributed by atoms with Crippen LogP contribution in [0.4, 0.5) is 24.0 Å². The van der Waals surface area contributed by atoms with Gasteiger partial charge in [0.1, 0.15) is 11.8 Å². The molecule has 3 rings (SSSR count). The number of carbonyl (C=O) groups is 2. The zero-order chi connectivity index (χ0) is 19.8. The van der Waals surface area contributed by atoms with E-state index in [1.807, 2.05) is 18.7 Å². The molecule has 3 amide bonds. The minimum atomic E-state index is -4.42. The first kappa shape index (κ1) is 19.5. The van der Waals surface area contributed by atoms with Crippen molar-refractivity contribution in [2.24, 2.45) is 5.92 Å². The predicted molar refractivity (Wildman–Crippen MR) is 90.0 cm³/mol. The molecule has 10 heteroatoms. The van der Waals surface area contributed by atoms with Gasteiger partial charge < -0.3 is 14.2 Å². The van der Waals surface area contributed by atoms with Gasteiger partial charge >= 0.3 is 12.2 Å². The Labute approximate surface area is 155 Å². The molecule has 1 aromatic heterocycles. The van der Waals surface area contributed by atoms with Crippen LogP contribution in [0.5, 0.6) is 0 Å². The van der Waals surface area contributed by atoms with Gasteiger partial charge in [-0.1, -0.05) is 13.8 Å². The SMILES string of the molecule is CC(C)CN1C(=O)N(CCC(F)(F)F)C(=O)C12CCN(c1ncco1)CC2. The molecule has 0 unspecified atom stereocenters. The van der Waals surface area contributed by atoms with Gasteiger partial charge in [0, 0.05) is 26.2 Å². The van der Waals surface area contributed by atoms with Crippen molar-refractivity contribution in [2.75, 3.05) is 31.1 Å². The molecule has 0 radical (unpaired) electrons. The summed E-state index contributed by atoms with van der Waals surface area (Å²) < 4.78 is 43.2. The highest BCUT2D eigenvalue weighted by Gasteiger charge is 2.58. The molecule has 0 aromatic carbocycles. The second-order valence-corrected chi connectivity index (χ2v) is 7.44. The average Bonchev–Trinajstić information content (AvgIpc) is 3.17. The molecule has 7 nitrogen and oxygen atoms in total. The summed E-state index contributed by atoms with van der Waals surface area (Å²) in [4.78, 5) is 34.0. The lowest BCUT2D eigenvalue weighted by molar-refractivity contribution is -0.143. The van der Waals surface area contributed by atoms with Gasteiger partial charge in [0.25, 0.3) is 11.9 Å². The van der Waals surface area contributed by atoms with Crippen molar-refractivity contribution in [1.82, 2.24) is 14.8 Å². The van der Waals surface area contributed by atoms with E-state index in [1.165, 1.54) is 17.4 Å². The molecule has 0 N–H and O–H groups in total. The third-order valence-electron chi connectivity index (χ3n) is 5.07. The third-order valence-corrected chi connectivity index (χ3v) is 5.07. The predicted octanol–water partition coefficient (Wildman–Crippen LogP) is 2.89. The Morgan fingerprint density at radius 1 is 1.26 bits per heavy atom. The Bertz CT molecular complexity index is 682. The minimum Gasteiger partial charge on any atom is -0.432 e. The van der Waals surface area contributed by atoms with Crippen molar-refractivity contribution >= 4 is 18.0 Å². The fraction of sp³-hybridized carbons (Fsp3) is 0.706. The monoisotopic (exact) mass is 388 g/mol. The van der Waals surface area contributed by atoms with Crippen LogP contribution < -0.4 is 4.90 Å². The Morgan fingerprint density at radius 3 is 2.44 bits per heavy atom.